The number of nitrogens with zero attached hydrogens (tertiary/aromatic N) is 2. The molecule has 66 valence electrons. The number of hydrogen-bond donors (Lipinski definition) is 0. The van der Waals surface area contributed by atoms with Crippen LogP contribution in [0.5, 0.6) is 0 Å². The topological polar surface area (TPSA) is 3.24 Å². The molecular formula is C8H18FN2+. The average Bonchev–Trinajstić information content (AvgIpc) is 1.97. The normalized spacial score (nSPS) is 25.4. The molecule has 0 bridgehead atoms. The molecule has 0 aromatic rings. The van der Waals surface area contributed by atoms with E-state index in [0.717, 1.165) is 22.7 Å². The van der Waals surface area contributed by atoms with Crippen LogP contribution in [0, 0.1) is 0 Å². The zero-order valence-corrected chi connectivity index (χ0v) is 7.52. The number of halogens is 1. The van der Waals surface area contributed by atoms with E-state index in [1.165, 1.54) is 13.0 Å². The Morgan fingerprint density at radius 1 is 1.36 bits per heavy atom. The van der Waals surface area contributed by atoms with Crippen molar-refractivity contribution in [3.63, 3.8) is 0 Å². The van der Waals surface area contributed by atoms with Crippen LogP contribution in [-0.2, 0) is 0 Å². The van der Waals surface area contributed by atoms with Crippen molar-refractivity contribution in [2.45, 2.75) is 13.3 Å². The molecule has 0 unspecified atom stereocenters. The minimum absolute atomic E-state index is 0.608. The molecule has 0 N–H and O–H groups in total. The maximum absolute atomic E-state index is 12.6. The van der Waals surface area contributed by atoms with Crippen molar-refractivity contribution in [2.24, 2.45) is 0 Å². The van der Waals surface area contributed by atoms with Gasteiger partial charge in [0.15, 0.2) is 0 Å². The first-order chi connectivity index (χ1) is 5.16. The number of hydrogen-bond acceptors (Lipinski definition) is 1. The molecule has 0 saturated carbocycles. The van der Waals surface area contributed by atoms with Gasteiger partial charge in [-0.1, -0.05) is 6.92 Å². The Hall–Kier alpha value is -0.150. The Morgan fingerprint density at radius 3 is 2.36 bits per heavy atom. The smallest absolute Gasteiger partial charge is 0.0940 e. The van der Waals surface area contributed by atoms with Gasteiger partial charge in [0.05, 0.1) is 39.8 Å². The zero-order chi connectivity index (χ0) is 8.32. The molecule has 0 radical (unpaired) electrons. The van der Waals surface area contributed by atoms with E-state index in [1.807, 2.05) is 0 Å². The molecule has 0 aliphatic carbocycles. The van der Waals surface area contributed by atoms with Gasteiger partial charge in [0.2, 0.25) is 0 Å². The maximum Gasteiger partial charge on any atom is 0.0940 e. The first-order valence-electron chi connectivity index (χ1n) is 4.40. The summed E-state index contributed by atoms with van der Waals surface area (Å²) in [6.07, 6.45) is 1.20. The summed E-state index contributed by atoms with van der Waals surface area (Å²) in [6, 6.07) is 0. The summed E-state index contributed by atoms with van der Waals surface area (Å²) < 4.78 is 13.6. The van der Waals surface area contributed by atoms with Crippen molar-refractivity contribution in [2.75, 3.05) is 39.8 Å². The fourth-order valence-corrected chi connectivity index (χ4v) is 1.69. The van der Waals surface area contributed by atoms with Crippen LogP contribution in [0.4, 0.5) is 4.48 Å². The first-order valence-corrected chi connectivity index (χ1v) is 4.40. The summed E-state index contributed by atoms with van der Waals surface area (Å²) in [7, 11) is 2.22. The molecule has 0 aromatic carbocycles. The Balaban J connectivity index is 2.35. The average molecular weight is 161 g/mol. The lowest BCUT2D eigenvalue weighted by atomic mass is 10.2. The van der Waals surface area contributed by atoms with Gasteiger partial charge in [0.1, 0.15) is 0 Å². The molecule has 0 amide bonds. The quantitative estimate of drug-likeness (QED) is 0.432. The maximum atomic E-state index is 12.6. The van der Waals surface area contributed by atoms with Crippen molar-refractivity contribution in [1.29, 1.82) is 0 Å². The highest BCUT2D eigenvalue weighted by Crippen LogP contribution is 2.10. The fourth-order valence-electron chi connectivity index (χ4n) is 1.69. The Kier molecular flexibility index (Phi) is 2.84. The molecule has 3 heteroatoms. The van der Waals surface area contributed by atoms with E-state index in [1.54, 1.807) is 0 Å². The Morgan fingerprint density at radius 2 is 1.91 bits per heavy atom. The van der Waals surface area contributed by atoms with Crippen LogP contribution in [0.2, 0.25) is 0 Å². The highest BCUT2D eigenvalue weighted by Gasteiger charge is 2.27. The molecule has 2 nitrogen and oxygen atoms in total. The van der Waals surface area contributed by atoms with Gasteiger partial charge < -0.3 is 4.48 Å². The number of piperazine rings is 1. The second-order valence-electron chi connectivity index (χ2n) is 3.70. The summed E-state index contributed by atoms with van der Waals surface area (Å²) in [6.45, 7) is 6.51. The molecule has 0 aromatic heterocycles. The van der Waals surface area contributed by atoms with Gasteiger partial charge in [-0.15, -0.1) is 9.60 Å². The largest absolute Gasteiger partial charge is 0.324 e. The number of quaternary nitrogens is 1. The molecule has 1 heterocycles. The van der Waals surface area contributed by atoms with Gasteiger partial charge in [-0.2, -0.15) is 0 Å². The van der Waals surface area contributed by atoms with Crippen molar-refractivity contribution in [3.05, 3.63) is 0 Å². The van der Waals surface area contributed by atoms with Gasteiger partial charge in [-0.3, -0.25) is 0 Å². The molecule has 0 atom stereocenters. The lowest BCUT2D eigenvalue weighted by Crippen LogP contribution is -2.55. The monoisotopic (exact) mass is 161 g/mol. The van der Waals surface area contributed by atoms with Crippen molar-refractivity contribution in [1.82, 2.24) is 5.12 Å². The van der Waals surface area contributed by atoms with Gasteiger partial charge in [0.25, 0.3) is 0 Å². The molecular weight excluding hydrogens is 143 g/mol. The van der Waals surface area contributed by atoms with Gasteiger partial charge in [-0.25, -0.2) is 0 Å². The van der Waals surface area contributed by atoms with Crippen molar-refractivity contribution >= 4 is 0 Å². The van der Waals surface area contributed by atoms with Gasteiger partial charge >= 0.3 is 0 Å². The Bertz CT molecular complexity index is 119. The van der Waals surface area contributed by atoms with Gasteiger partial charge in [-0.05, 0) is 6.42 Å². The third-order valence-corrected chi connectivity index (χ3v) is 2.53. The lowest BCUT2D eigenvalue weighted by Gasteiger charge is -2.39. The summed E-state index contributed by atoms with van der Waals surface area (Å²) in [5.41, 5.74) is 0. The van der Waals surface area contributed by atoms with Crippen molar-refractivity contribution in [3.8, 4) is 0 Å². The van der Waals surface area contributed by atoms with E-state index in [4.69, 9.17) is 0 Å². The lowest BCUT2D eigenvalue weighted by molar-refractivity contribution is -0.914. The molecule has 1 saturated heterocycles. The molecule has 11 heavy (non-hydrogen) atoms. The van der Waals surface area contributed by atoms with E-state index in [9.17, 15) is 4.48 Å². The minimum Gasteiger partial charge on any atom is -0.324 e. The SMILES string of the molecule is CCC[N+]1(C)CCN(F)CC1. The van der Waals surface area contributed by atoms with Crippen LogP contribution in [-0.4, -0.2) is 49.4 Å². The predicted molar refractivity (Wildman–Crippen MR) is 43.8 cm³/mol. The van der Waals surface area contributed by atoms with Crippen LogP contribution in [0.1, 0.15) is 13.3 Å². The summed E-state index contributed by atoms with van der Waals surface area (Å²) in [5, 5.41) is 0.926. The Labute approximate surface area is 68.1 Å². The van der Waals surface area contributed by atoms with Crippen LogP contribution in [0.3, 0.4) is 0 Å². The minimum atomic E-state index is 0.608. The standard InChI is InChI=1S/C8H18FN2/c1-3-6-11(2)7-4-10(9)5-8-11/h3-8H2,1-2H3/q+1. The van der Waals surface area contributed by atoms with Crippen LogP contribution >= 0.6 is 0 Å². The van der Waals surface area contributed by atoms with Crippen LogP contribution in [0.25, 0.3) is 0 Å². The number of rotatable bonds is 2. The molecule has 1 rings (SSSR count). The van der Waals surface area contributed by atoms with Gasteiger partial charge in [0, 0.05) is 0 Å². The molecule has 1 aliphatic rings. The van der Waals surface area contributed by atoms with E-state index in [-0.39, 0.29) is 0 Å². The van der Waals surface area contributed by atoms with E-state index in [0.29, 0.717) is 13.1 Å². The second kappa shape index (κ2) is 3.50. The van der Waals surface area contributed by atoms with E-state index in [2.05, 4.69) is 14.0 Å². The van der Waals surface area contributed by atoms with Crippen LogP contribution < -0.4 is 0 Å². The predicted octanol–water partition coefficient (Wildman–Crippen LogP) is 1.04. The molecule has 0 spiro atoms. The molecule has 1 aliphatic heterocycles. The van der Waals surface area contributed by atoms with E-state index >= 15 is 0 Å². The first kappa shape index (κ1) is 8.94. The highest BCUT2D eigenvalue weighted by atomic mass is 19.2. The number of likely N-dealkylation sites (N-methyl/N-ethyl adjacent to an activating group) is 1. The summed E-state index contributed by atoms with van der Waals surface area (Å²) in [5.74, 6) is 0. The summed E-state index contributed by atoms with van der Waals surface area (Å²) >= 11 is 0. The van der Waals surface area contributed by atoms with Crippen LogP contribution in [0.15, 0.2) is 0 Å². The third-order valence-electron chi connectivity index (χ3n) is 2.53. The second-order valence-corrected chi connectivity index (χ2v) is 3.70. The fraction of sp³-hybridized carbons (Fsp3) is 1.00. The van der Waals surface area contributed by atoms with Crippen molar-refractivity contribution < 1.29 is 8.96 Å². The van der Waals surface area contributed by atoms with E-state index < -0.39 is 0 Å². The highest BCUT2D eigenvalue weighted by molar-refractivity contribution is 4.53. The summed E-state index contributed by atoms with van der Waals surface area (Å²) in [4.78, 5) is 0. The molecule has 1 fully saturated rings. The third kappa shape index (κ3) is 2.42. The zero-order valence-electron chi connectivity index (χ0n) is 7.52.